The summed E-state index contributed by atoms with van der Waals surface area (Å²) in [5.41, 5.74) is 4.29. The second-order valence-electron chi connectivity index (χ2n) is 5.10. The predicted molar refractivity (Wildman–Crippen MR) is 86.7 cm³/mol. The molecule has 2 aromatic rings. The maximum atomic E-state index is 4.53. The quantitative estimate of drug-likeness (QED) is 0.855. The average Bonchev–Trinajstić information content (AvgIpc) is 2.45. The zero-order valence-electron chi connectivity index (χ0n) is 13.3. The van der Waals surface area contributed by atoms with Gasteiger partial charge in [-0.1, -0.05) is 6.92 Å². The number of hydrogen-bond donors (Lipinski definition) is 1. The molecule has 0 saturated heterocycles. The van der Waals surface area contributed by atoms with Crippen LogP contribution in [0.2, 0.25) is 0 Å². The van der Waals surface area contributed by atoms with Crippen molar-refractivity contribution in [2.75, 3.05) is 6.54 Å². The van der Waals surface area contributed by atoms with E-state index in [0.29, 0.717) is 0 Å². The van der Waals surface area contributed by atoms with Crippen molar-refractivity contribution >= 4 is 11.8 Å². The van der Waals surface area contributed by atoms with E-state index in [1.165, 1.54) is 0 Å². The Kier molecular flexibility index (Phi) is 5.31. The largest absolute Gasteiger partial charge is 0.309 e. The SMILES string of the molecule is CCNC(C)c1ccc(Sc2nc(C)c(C)c(C)n2)cn1. The molecule has 4 nitrogen and oxygen atoms in total. The molecule has 2 rings (SSSR count). The van der Waals surface area contributed by atoms with Crippen LogP contribution in [-0.4, -0.2) is 21.5 Å². The minimum absolute atomic E-state index is 0.272. The molecule has 21 heavy (non-hydrogen) atoms. The fourth-order valence-electron chi connectivity index (χ4n) is 2.01. The molecule has 1 N–H and O–H groups in total. The minimum Gasteiger partial charge on any atom is -0.309 e. The van der Waals surface area contributed by atoms with Gasteiger partial charge >= 0.3 is 0 Å². The van der Waals surface area contributed by atoms with Crippen LogP contribution in [0.25, 0.3) is 0 Å². The number of hydrogen-bond acceptors (Lipinski definition) is 5. The Morgan fingerprint density at radius 3 is 2.33 bits per heavy atom. The first-order valence-electron chi connectivity index (χ1n) is 7.20. The summed E-state index contributed by atoms with van der Waals surface area (Å²) in [6.45, 7) is 11.3. The molecular formula is C16H22N4S. The molecule has 0 fully saturated rings. The van der Waals surface area contributed by atoms with Crippen LogP contribution in [0.3, 0.4) is 0 Å². The predicted octanol–water partition coefficient (Wildman–Crippen LogP) is 3.62. The zero-order chi connectivity index (χ0) is 15.4. The van der Waals surface area contributed by atoms with Gasteiger partial charge in [0.05, 0.1) is 5.69 Å². The second kappa shape index (κ2) is 7.00. The molecule has 0 aliphatic heterocycles. The van der Waals surface area contributed by atoms with Gasteiger partial charge in [-0.2, -0.15) is 0 Å². The van der Waals surface area contributed by atoms with Gasteiger partial charge in [0.25, 0.3) is 0 Å². The Bertz CT molecular complexity index is 587. The summed E-state index contributed by atoms with van der Waals surface area (Å²) >= 11 is 1.55. The van der Waals surface area contributed by atoms with Crippen LogP contribution in [0, 0.1) is 20.8 Å². The highest BCUT2D eigenvalue weighted by Gasteiger charge is 2.08. The van der Waals surface area contributed by atoms with Gasteiger partial charge < -0.3 is 5.32 Å². The number of pyridine rings is 1. The van der Waals surface area contributed by atoms with Crippen LogP contribution in [0.15, 0.2) is 28.4 Å². The number of aromatic nitrogens is 3. The molecule has 5 heteroatoms. The smallest absolute Gasteiger partial charge is 0.192 e. The molecule has 0 bridgehead atoms. The Morgan fingerprint density at radius 1 is 1.14 bits per heavy atom. The molecule has 0 aliphatic rings. The fraction of sp³-hybridized carbons (Fsp3) is 0.438. The molecule has 1 atom stereocenters. The van der Waals surface area contributed by atoms with Crippen molar-refractivity contribution in [3.63, 3.8) is 0 Å². The standard InChI is InChI=1S/C16H22N4S/c1-6-17-13(5)15-8-7-14(9-18-15)21-16-19-11(3)10(2)12(4)20-16/h7-9,13,17H,6H2,1-5H3. The van der Waals surface area contributed by atoms with Crippen LogP contribution in [0.5, 0.6) is 0 Å². The fourth-order valence-corrected chi connectivity index (χ4v) is 2.83. The highest BCUT2D eigenvalue weighted by Crippen LogP contribution is 2.26. The lowest BCUT2D eigenvalue weighted by Gasteiger charge is -2.12. The molecule has 2 heterocycles. The monoisotopic (exact) mass is 302 g/mol. The van der Waals surface area contributed by atoms with Crippen LogP contribution < -0.4 is 5.32 Å². The third kappa shape index (κ3) is 4.02. The lowest BCUT2D eigenvalue weighted by molar-refractivity contribution is 0.582. The van der Waals surface area contributed by atoms with Crippen molar-refractivity contribution in [2.45, 2.75) is 50.7 Å². The molecule has 0 aliphatic carbocycles. The molecule has 112 valence electrons. The van der Waals surface area contributed by atoms with E-state index in [1.54, 1.807) is 11.8 Å². The number of aryl methyl sites for hydroxylation is 2. The molecule has 0 aromatic carbocycles. The van der Waals surface area contributed by atoms with E-state index in [4.69, 9.17) is 0 Å². The summed E-state index contributed by atoms with van der Waals surface area (Å²) in [5, 5.41) is 4.14. The van der Waals surface area contributed by atoms with Crippen molar-refractivity contribution in [2.24, 2.45) is 0 Å². The lowest BCUT2D eigenvalue weighted by Crippen LogP contribution is -2.18. The molecule has 0 amide bonds. The van der Waals surface area contributed by atoms with Gasteiger partial charge in [0.2, 0.25) is 0 Å². The van der Waals surface area contributed by atoms with Crippen LogP contribution in [-0.2, 0) is 0 Å². The highest BCUT2D eigenvalue weighted by atomic mass is 32.2. The van der Waals surface area contributed by atoms with E-state index in [0.717, 1.165) is 39.2 Å². The van der Waals surface area contributed by atoms with E-state index in [2.05, 4.69) is 53.2 Å². The van der Waals surface area contributed by atoms with E-state index < -0.39 is 0 Å². The molecule has 0 spiro atoms. The van der Waals surface area contributed by atoms with Crippen molar-refractivity contribution < 1.29 is 0 Å². The first kappa shape index (κ1) is 15.9. The Hall–Kier alpha value is -1.46. The Morgan fingerprint density at radius 2 is 1.81 bits per heavy atom. The van der Waals surface area contributed by atoms with E-state index >= 15 is 0 Å². The normalized spacial score (nSPS) is 12.4. The summed E-state index contributed by atoms with van der Waals surface area (Å²) in [5.74, 6) is 0. The zero-order valence-corrected chi connectivity index (χ0v) is 14.1. The number of nitrogens with zero attached hydrogens (tertiary/aromatic N) is 3. The number of nitrogens with one attached hydrogen (secondary N) is 1. The molecule has 2 aromatic heterocycles. The number of rotatable bonds is 5. The maximum Gasteiger partial charge on any atom is 0.192 e. The van der Waals surface area contributed by atoms with Crippen molar-refractivity contribution in [1.82, 2.24) is 20.3 Å². The van der Waals surface area contributed by atoms with E-state index in [9.17, 15) is 0 Å². The van der Waals surface area contributed by atoms with Crippen molar-refractivity contribution in [3.8, 4) is 0 Å². The van der Waals surface area contributed by atoms with Crippen LogP contribution in [0.4, 0.5) is 0 Å². The van der Waals surface area contributed by atoms with E-state index in [1.807, 2.05) is 20.0 Å². The van der Waals surface area contributed by atoms with Gasteiger partial charge in [0, 0.05) is 28.5 Å². The van der Waals surface area contributed by atoms with Crippen LogP contribution >= 0.6 is 11.8 Å². The molecule has 0 saturated carbocycles. The summed E-state index contributed by atoms with van der Waals surface area (Å²) in [4.78, 5) is 14.6. The topological polar surface area (TPSA) is 50.7 Å². The van der Waals surface area contributed by atoms with Crippen LogP contribution in [0.1, 0.15) is 42.5 Å². The molecular weight excluding hydrogens is 280 g/mol. The second-order valence-corrected chi connectivity index (χ2v) is 6.14. The first-order valence-corrected chi connectivity index (χ1v) is 8.02. The van der Waals surface area contributed by atoms with Gasteiger partial charge in [-0.25, -0.2) is 9.97 Å². The van der Waals surface area contributed by atoms with Gasteiger partial charge in [-0.15, -0.1) is 0 Å². The Labute approximate surface area is 130 Å². The first-order chi connectivity index (χ1) is 10.0. The summed E-state index contributed by atoms with van der Waals surface area (Å²) in [7, 11) is 0. The summed E-state index contributed by atoms with van der Waals surface area (Å²) < 4.78 is 0. The third-order valence-corrected chi connectivity index (χ3v) is 4.38. The maximum absolute atomic E-state index is 4.53. The highest BCUT2D eigenvalue weighted by molar-refractivity contribution is 7.99. The van der Waals surface area contributed by atoms with Crippen molar-refractivity contribution in [1.29, 1.82) is 0 Å². The average molecular weight is 302 g/mol. The molecule has 1 unspecified atom stereocenters. The molecule has 0 radical (unpaired) electrons. The minimum atomic E-state index is 0.272. The summed E-state index contributed by atoms with van der Waals surface area (Å²) in [6, 6.07) is 4.41. The van der Waals surface area contributed by atoms with Crippen molar-refractivity contribution in [3.05, 3.63) is 41.0 Å². The van der Waals surface area contributed by atoms with Gasteiger partial charge in [0.15, 0.2) is 5.16 Å². The Balaban J connectivity index is 2.13. The van der Waals surface area contributed by atoms with Gasteiger partial charge in [0.1, 0.15) is 0 Å². The van der Waals surface area contributed by atoms with Gasteiger partial charge in [-0.05, 0) is 63.7 Å². The van der Waals surface area contributed by atoms with Gasteiger partial charge in [-0.3, -0.25) is 4.98 Å². The lowest BCUT2D eigenvalue weighted by atomic mass is 10.2. The summed E-state index contributed by atoms with van der Waals surface area (Å²) in [6.07, 6.45) is 1.89. The van der Waals surface area contributed by atoms with E-state index in [-0.39, 0.29) is 6.04 Å². The third-order valence-electron chi connectivity index (χ3n) is 3.53.